The van der Waals surface area contributed by atoms with Gasteiger partial charge in [0.25, 0.3) is 5.91 Å². The highest BCUT2D eigenvalue weighted by atomic mass is 35.5. The fourth-order valence-electron chi connectivity index (χ4n) is 3.18. The van der Waals surface area contributed by atoms with Crippen LogP contribution in [-0.4, -0.2) is 34.8 Å². The third-order valence-corrected chi connectivity index (χ3v) is 5.24. The van der Waals surface area contributed by atoms with E-state index in [0.717, 1.165) is 12.3 Å². The lowest BCUT2D eigenvalue weighted by Gasteiger charge is -2.31. The number of benzene rings is 1. The molecular weight excluding hydrogens is 421 g/mol. The molecule has 2 N–H and O–H groups in total. The van der Waals surface area contributed by atoms with Gasteiger partial charge in [0, 0.05) is 24.2 Å². The number of likely N-dealkylation sites (tertiary alicyclic amines) is 1. The van der Waals surface area contributed by atoms with Crippen molar-refractivity contribution in [3.8, 4) is 0 Å². The van der Waals surface area contributed by atoms with Crippen LogP contribution in [0.4, 0.5) is 13.2 Å². The Kier molecular flexibility index (Phi) is 6.94. The van der Waals surface area contributed by atoms with E-state index in [1.54, 1.807) is 30.3 Å². The number of hydrogen-bond donors (Lipinski definition) is 2. The van der Waals surface area contributed by atoms with E-state index in [1.165, 1.54) is 0 Å². The lowest BCUT2D eigenvalue weighted by atomic mass is 9.96. The number of pyridine rings is 1. The number of piperidine rings is 1. The highest BCUT2D eigenvalue weighted by Gasteiger charge is 2.32. The second-order valence-corrected chi connectivity index (χ2v) is 7.42. The Bertz CT molecular complexity index is 901. The third-order valence-electron chi connectivity index (χ3n) is 4.91. The highest BCUT2D eigenvalue weighted by molar-refractivity contribution is 6.31. The summed E-state index contributed by atoms with van der Waals surface area (Å²) < 4.78 is 38.1. The van der Waals surface area contributed by atoms with Crippen molar-refractivity contribution < 1.29 is 22.8 Å². The minimum atomic E-state index is -4.49. The number of halogens is 4. The molecule has 6 nitrogen and oxygen atoms in total. The van der Waals surface area contributed by atoms with E-state index < -0.39 is 17.6 Å². The summed E-state index contributed by atoms with van der Waals surface area (Å²) in [7, 11) is 0. The number of carbonyl (C=O) groups is 2. The minimum absolute atomic E-state index is 0.0340. The Morgan fingerprint density at radius 2 is 1.80 bits per heavy atom. The van der Waals surface area contributed by atoms with Gasteiger partial charge in [-0.3, -0.25) is 30.3 Å². The molecule has 0 bridgehead atoms. The summed E-state index contributed by atoms with van der Waals surface area (Å²) in [5, 5.41) is -0.0340. The van der Waals surface area contributed by atoms with E-state index in [4.69, 9.17) is 11.6 Å². The summed E-state index contributed by atoms with van der Waals surface area (Å²) in [6.07, 6.45) is -2.62. The molecule has 0 spiro atoms. The van der Waals surface area contributed by atoms with Crippen molar-refractivity contribution >= 4 is 23.4 Å². The molecule has 10 heteroatoms. The average Bonchev–Trinajstić information content (AvgIpc) is 2.73. The van der Waals surface area contributed by atoms with Gasteiger partial charge < -0.3 is 0 Å². The number of hydrazine groups is 1. The van der Waals surface area contributed by atoms with Gasteiger partial charge in [-0.15, -0.1) is 0 Å². The van der Waals surface area contributed by atoms with Crippen molar-refractivity contribution in [2.45, 2.75) is 25.6 Å². The van der Waals surface area contributed by atoms with Crippen LogP contribution in [0.15, 0.2) is 42.6 Å². The van der Waals surface area contributed by atoms with E-state index in [1.807, 2.05) is 4.90 Å². The van der Waals surface area contributed by atoms with Crippen molar-refractivity contribution in [3.05, 3.63) is 64.4 Å². The topological polar surface area (TPSA) is 74.3 Å². The van der Waals surface area contributed by atoms with Crippen LogP contribution in [0.3, 0.4) is 0 Å². The molecule has 1 aliphatic rings. The van der Waals surface area contributed by atoms with Crippen molar-refractivity contribution in [1.82, 2.24) is 20.7 Å². The Labute approximate surface area is 176 Å². The van der Waals surface area contributed by atoms with Crippen LogP contribution in [0.25, 0.3) is 0 Å². The Morgan fingerprint density at radius 1 is 1.13 bits per heavy atom. The van der Waals surface area contributed by atoms with Crippen LogP contribution in [0, 0.1) is 5.92 Å². The van der Waals surface area contributed by atoms with E-state index in [0.29, 0.717) is 43.7 Å². The molecule has 2 heterocycles. The van der Waals surface area contributed by atoms with E-state index in [-0.39, 0.29) is 16.8 Å². The van der Waals surface area contributed by atoms with E-state index >= 15 is 0 Å². The molecule has 1 aliphatic heterocycles. The van der Waals surface area contributed by atoms with Gasteiger partial charge >= 0.3 is 6.18 Å². The van der Waals surface area contributed by atoms with Gasteiger partial charge in [-0.05, 0) is 44.1 Å². The van der Waals surface area contributed by atoms with Gasteiger partial charge in [-0.2, -0.15) is 13.2 Å². The number of hydrogen-bond acceptors (Lipinski definition) is 4. The lowest BCUT2D eigenvalue weighted by molar-refractivity contribution is -0.137. The maximum absolute atomic E-state index is 12.7. The summed E-state index contributed by atoms with van der Waals surface area (Å²) in [5.74, 6) is -0.942. The third kappa shape index (κ3) is 5.70. The summed E-state index contributed by atoms with van der Waals surface area (Å²) >= 11 is 5.96. The van der Waals surface area contributed by atoms with Crippen LogP contribution in [0.5, 0.6) is 0 Å². The van der Waals surface area contributed by atoms with Crippen molar-refractivity contribution in [2.75, 3.05) is 13.1 Å². The van der Waals surface area contributed by atoms with Crippen LogP contribution in [0.2, 0.25) is 5.02 Å². The van der Waals surface area contributed by atoms with Gasteiger partial charge in [0.1, 0.15) is 0 Å². The minimum Gasteiger partial charge on any atom is -0.297 e. The quantitative estimate of drug-likeness (QED) is 0.714. The zero-order valence-corrected chi connectivity index (χ0v) is 16.6. The Balaban J connectivity index is 1.46. The van der Waals surface area contributed by atoms with Crippen molar-refractivity contribution in [3.63, 3.8) is 0 Å². The zero-order valence-electron chi connectivity index (χ0n) is 15.9. The molecule has 0 unspecified atom stereocenters. The van der Waals surface area contributed by atoms with Crippen LogP contribution in [0.1, 0.15) is 34.5 Å². The summed E-state index contributed by atoms with van der Waals surface area (Å²) in [5.41, 5.74) is 4.77. The molecule has 2 amide bonds. The Hall–Kier alpha value is -2.65. The molecule has 0 saturated carbocycles. The normalized spacial score (nSPS) is 15.6. The number of nitrogens with one attached hydrogen (secondary N) is 2. The first kappa shape index (κ1) is 22.0. The first-order valence-corrected chi connectivity index (χ1v) is 9.71. The number of carbonyl (C=O) groups excluding carboxylic acids is 2. The molecule has 0 radical (unpaired) electrons. The molecule has 2 aromatic rings. The fourth-order valence-corrected chi connectivity index (χ4v) is 3.41. The van der Waals surface area contributed by atoms with Gasteiger partial charge in [0.2, 0.25) is 5.91 Å². The molecule has 3 rings (SSSR count). The molecule has 1 fully saturated rings. The van der Waals surface area contributed by atoms with E-state index in [9.17, 15) is 22.8 Å². The maximum atomic E-state index is 12.7. The zero-order chi connectivity index (χ0) is 21.7. The average molecular weight is 441 g/mol. The van der Waals surface area contributed by atoms with Crippen molar-refractivity contribution in [1.29, 1.82) is 0 Å². The fraction of sp³-hybridized carbons (Fsp3) is 0.350. The molecule has 0 atom stereocenters. The smallest absolute Gasteiger partial charge is 0.297 e. The van der Waals surface area contributed by atoms with Gasteiger partial charge in [-0.1, -0.05) is 29.8 Å². The second-order valence-electron chi connectivity index (χ2n) is 7.01. The predicted molar refractivity (Wildman–Crippen MR) is 104 cm³/mol. The Morgan fingerprint density at radius 3 is 2.40 bits per heavy atom. The highest BCUT2D eigenvalue weighted by Crippen LogP contribution is 2.31. The largest absolute Gasteiger partial charge is 0.417 e. The molecular formula is C20H20ClF3N4O2. The number of alkyl halides is 3. The van der Waals surface area contributed by atoms with Gasteiger partial charge in [0.05, 0.1) is 16.3 Å². The molecule has 1 aromatic heterocycles. The first-order chi connectivity index (χ1) is 14.2. The number of rotatable bonds is 4. The standard InChI is InChI=1S/C20H20ClF3N4O2/c21-16-10-15(20(22,23)24)11-25-17(16)12-28-8-6-14(7-9-28)19(30)27-26-18(29)13-4-2-1-3-5-13/h1-5,10-11,14H,6-9,12H2,(H,26,29)(H,27,30). The van der Waals surface area contributed by atoms with Gasteiger partial charge in [0.15, 0.2) is 0 Å². The van der Waals surface area contributed by atoms with Crippen LogP contribution in [-0.2, 0) is 17.5 Å². The second kappa shape index (κ2) is 9.44. The molecule has 1 aromatic carbocycles. The summed E-state index contributed by atoms with van der Waals surface area (Å²) in [6, 6.07) is 9.39. The van der Waals surface area contributed by atoms with Crippen molar-refractivity contribution in [2.24, 2.45) is 5.92 Å². The van der Waals surface area contributed by atoms with Gasteiger partial charge in [-0.25, -0.2) is 0 Å². The molecule has 1 saturated heterocycles. The SMILES string of the molecule is O=C(NNC(=O)C1CCN(Cc2ncc(C(F)(F)F)cc2Cl)CC1)c1ccccc1. The molecule has 160 valence electrons. The first-order valence-electron chi connectivity index (χ1n) is 9.33. The van der Waals surface area contributed by atoms with Crippen LogP contribution < -0.4 is 10.9 Å². The number of amides is 2. The predicted octanol–water partition coefficient (Wildman–Crippen LogP) is 3.43. The monoisotopic (exact) mass is 440 g/mol. The molecule has 0 aliphatic carbocycles. The summed E-state index contributed by atoms with van der Waals surface area (Å²) in [6.45, 7) is 1.42. The maximum Gasteiger partial charge on any atom is 0.417 e. The van der Waals surface area contributed by atoms with E-state index in [2.05, 4.69) is 15.8 Å². The number of nitrogens with zero attached hydrogens (tertiary/aromatic N) is 2. The lowest BCUT2D eigenvalue weighted by Crippen LogP contribution is -2.47. The summed E-state index contributed by atoms with van der Waals surface area (Å²) in [4.78, 5) is 30.1. The number of aromatic nitrogens is 1. The van der Waals surface area contributed by atoms with Crippen LogP contribution >= 0.6 is 11.6 Å². The molecule has 30 heavy (non-hydrogen) atoms.